The lowest BCUT2D eigenvalue weighted by Crippen LogP contribution is -2.36. The first kappa shape index (κ1) is 21.2. The van der Waals surface area contributed by atoms with E-state index in [1.807, 2.05) is 13.0 Å². The maximum Gasteiger partial charge on any atom is 0.326 e. The van der Waals surface area contributed by atoms with Crippen LogP contribution in [0.15, 0.2) is 48.5 Å². The van der Waals surface area contributed by atoms with Gasteiger partial charge in [0.15, 0.2) is 0 Å². The lowest BCUT2D eigenvalue weighted by Gasteiger charge is -2.22. The van der Waals surface area contributed by atoms with Crippen LogP contribution in [0, 0.1) is 6.92 Å². The van der Waals surface area contributed by atoms with Crippen LogP contribution < -0.4 is 5.32 Å². The molecule has 0 saturated carbocycles. The van der Waals surface area contributed by atoms with Gasteiger partial charge < -0.3 is 15.0 Å². The van der Waals surface area contributed by atoms with Gasteiger partial charge in [-0.15, -0.1) is 0 Å². The Kier molecular flexibility index (Phi) is 6.57. The number of likely N-dealkylation sites (N-methyl/N-ethyl adjacent to an activating group) is 1. The van der Waals surface area contributed by atoms with E-state index in [2.05, 4.69) is 5.32 Å². The van der Waals surface area contributed by atoms with Crippen molar-refractivity contribution in [1.82, 2.24) is 4.90 Å². The van der Waals surface area contributed by atoms with Crippen LogP contribution in [0.2, 0.25) is 0 Å². The number of rotatable bonds is 5. The van der Waals surface area contributed by atoms with Gasteiger partial charge in [0.2, 0.25) is 0 Å². The van der Waals surface area contributed by atoms with Crippen molar-refractivity contribution in [3.63, 3.8) is 0 Å². The molecular weight excluding hydrogens is 356 g/mol. The number of aryl methyl sites for hydroxylation is 1. The van der Waals surface area contributed by atoms with Crippen molar-refractivity contribution in [2.45, 2.75) is 33.3 Å². The van der Waals surface area contributed by atoms with Crippen molar-refractivity contribution >= 4 is 23.5 Å². The zero-order chi connectivity index (χ0) is 20.9. The number of carbonyl (C=O) groups is 3. The summed E-state index contributed by atoms with van der Waals surface area (Å²) in [7, 11) is 1.54. The average molecular weight is 382 g/mol. The van der Waals surface area contributed by atoms with Gasteiger partial charge in [-0.1, -0.05) is 24.3 Å². The van der Waals surface area contributed by atoms with Gasteiger partial charge in [-0.3, -0.25) is 14.4 Å². The summed E-state index contributed by atoms with van der Waals surface area (Å²) < 4.78 is 5.25. The highest BCUT2D eigenvalue weighted by molar-refractivity contribution is 6.05. The molecule has 6 heteroatoms. The summed E-state index contributed by atoms with van der Waals surface area (Å²) in [5.41, 5.74) is 1.67. The largest absolute Gasteiger partial charge is 0.459 e. The standard InChI is InChI=1S/C22H26N2O4/c1-15-11-12-17(21(27)24(5)14-19(25)28-22(2,3)4)13-18(15)23-20(26)16-9-7-6-8-10-16/h6-13H,14H2,1-5H3,(H,23,26). The number of esters is 1. The number of nitrogens with one attached hydrogen (secondary N) is 1. The van der Waals surface area contributed by atoms with Crippen molar-refractivity contribution in [3.05, 3.63) is 65.2 Å². The summed E-state index contributed by atoms with van der Waals surface area (Å²) in [6.45, 7) is 7.01. The van der Waals surface area contributed by atoms with E-state index in [4.69, 9.17) is 4.74 Å². The second-order valence-electron chi connectivity index (χ2n) is 7.60. The van der Waals surface area contributed by atoms with E-state index in [1.54, 1.807) is 63.2 Å². The van der Waals surface area contributed by atoms with Gasteiger partial charge in [-0.25, -0.2) is 0 Å². The van der Waals surface area contributed by atoms with E-state index in [9.17, 15) is 14.4 Å². The minimum absolute atomic E-state index is 0.157. The molecule has 2 aromatic carbocycles. The predicted octanol–water partition coefficient (Wildman–Crippen LogP) is 3.66. The first-order valence-corrected chi connectivity index (χ1v) is 9.01. The van der Waals surface area contributed by atoms with Gasteiger partial charge >= 0.3 is 5.97 Å². The fourth-order valence-corrected chi connectivity index (χ4v) is 2.53. The van der Waals surface area contributed by atoms with Crippen molar-refractivity contribution < 1.29 is 19.1 Å². The molecule has 2 amide bonds. The van der Waals surface area contributed by atoms with E-state index < -0.39 is 11.6 Å². The van der Waals surface area contributed by atoms with Gasteiger partial charge in [0.1, 0.15) is 12.1 Å². The fraction of sp³-hybridized carbons (Fsp3) is 0.318. The van der Waals surface area contributed by atoms with Crippen molar-refractivity contribution in [2.24, 2.45) is 0 Å². The third-order valence-electron chi connectivity index (χ3n) is 3.90. The molecule has 2 aromatic rings. The summed E-state index contributed by atoms with van der Waals surface area (Å²) in [5.74, 6) is -1.07. The highest BCUT2D eigenvalue weighted by Crippen LogP contribution is 2.19. The Hall–Kier alpha value is -3.15. The number of carbonyl (C=O) groups excluding carboxylic acids is 3. The molecule has 0 spiro atoms. The Balaban J connectivity index is 2.12. The van der Waals surface area contributed by atoms with E-state index in [1.165, 1.54) is 11.9 Å². The molecule has 2 rings (SSSR count). The van der Waals surface area contributed by atoms with Crippen molar-refractivity contribution in [3.8, 4) is 0 Å². The monoisotopic (exact) mass is 382 g/mol. The summed E-state index contributed by atoms with van der Waals surface area (Å²) in [5, 5.41) is 2.83. The van der Waals surface area contributed by atoms with Crippen molar-refractivity contribution in [2.75, 3.05) is 18.9 Å². The predicted molar refractivity (Wildman–Crippen MR) is 108 cm³/mol. The lowest BCUT2D eigenvalue weighted by atomic mass is 10.1. The quantitative estimate of drug-likeness (QED) is 0.801. The van der Waals surface area contributed by atoms with Gasteiger partial charge in [-0.2, -0.15) is 0 Å². The molecule has 6 nitrogen and oxygen atoms in total. The molecule has 0 bridgehead atoms. The molecule has 0 aliphatic carbocycles. The first-order valence-electron chi connectivity index (χ1n) is 9.01. The van der Waals surface area contributed by atoms with Crippen LogP contribution in [-0.2, 0) is 9.53 Å². The molecule has 0 heterocycles. The molecule has 0 fully saturated rings. The number of anilines is 1. The van der Waals surface area contributed by atoms with E-state index in [0.29, 0.717) is 16.8 Å². The second-order valence-corrected chi connectivity index (χ2v) is 7.60. The Morgan fingerprint density at radius 1 is 1.00 bits per heavy atom. The smallest absolute Gasteiger partial charge is 0.326 e. The molecule has 28 heavy (non-hydrogen) atoms. The molecule has 0 aromatic heterocycles. The second kappa shape index (κ2) is 8.69. The van der Waals surface area contributed by atoms with Gasteiger partial charge in [-0.05, 0) is 57.5 Å². The number of benzene rings is 2. The number of hydrogen-bond donors (Lipinski definition) is 1. The third kappa shape index (κ3) is 5.94. The average Bonchev–Trinajstić information content (AvgIpc) is 2.62. The molecule has 1 N–H and O–H groups in total. The summed E-state index contributed by atoms with van der Waals surface area (Å²) >= 11 is 0. The number of amides is 2. The Morgan fingerprint density at radius 3 is 2.25 bits per heavy atom. The highest BCUT2D eigenvalue weighted by atomic mass is 16.6. The first-order chi connectivity index (χ1) is 13.1. The normalized spacial score (nSPS) is 10.9. The topological polar surface area (TPSA) is 75.7 Å². The van der Waals surface area contributed by atoms with E-state index in [0.717, 1.165) is 5.56 Å². The maximum absolute atomic E-state index is 12.7. The van der Waals surface area contributed by atoms with Gasteiger partial charge in [0.05, 0.1) is 0 Å². The molecule has 148 valence electrons. The third-order valence-corrected chi connectivity index (χ3v) is 3.90. The molecular formula is C22H26N2O4. The van der Waals surface area contributed by atoms with Crippen LogP contribution in [0.5, 0.6) is 0 Å². The van der Waals surface area contributed by atoms with Crippen LogP contribution in [0.25, 0.3) is 0 Å². The summed E-state index contributed by atoms with van der Waals surface area (Å²) in [6.07, 6.45) is 0. The Morgan fingerprint density at radius 2 is 1.64 bits per heavy atom. The molecule has 0 aliphatic rings. The SMILES string of the molecule is Cc1ccc(C(=O)N(C)CC(=O)OC(C)(C)C)cc1NC(=O)c1ccccc1. The Labute approximate surface area is 165 Å². The van der Waals surface area contributed by atoms with Crippen LogP contribution in [-0.4, -0.2) is 41.9 Å². The summed E-state index contributed by atoms with van der Waals surface area (Å²) in [4.78, 5) is 38.3. The van der Waals surface area contributed by atoms with Crippen LogP contribution in [0.4, 0.5) is 5.69 Å². The minimum Gasteiger partial charge on any atom is -0.459 e. The van der Waals surface area contributed by atoms with Gasteiger partial charge in [0, 0.05) is 23.9 Å². The Bertz CT molecular complexity index is 870. The van der Waals surface area contributed by atoms with E-state index in [-0.39, 0.29) is 18.4 Å². The van der Waals surface area contributed by atoms with E-state index >= 15 is 0 Å². The number of ether oxygens (including phenoxy) is 1. The molecule has 0 unspecified atom stereocenters. The lowest BCUT2D eigenvalue weighted by molar-refractivity contribution is -0.155. The zero-order valence-electron chi connectivity index (χ0n) is 16.9. The van der Waals surface area contributed by atoms with Crippen molar-refractivity contribution in [1.29, 1.82) is 0 Å². The fourth-order valence-electron chi connectivity index (χ4n) is 2.53. The maximum atomic E-state index is 12.7. The van der Waals surface area contributed by atoms with Crippen LogP contribution >= 0.6 is 0 Å². The highest BCUT2D eigenvalue weighted by Gasteiger charge is 2.21. The van der Waals surface area contributed by atoms with Gasteiger partial charge in [0.25, 0.3) is 11.8 Å². The summed E-state index contributed by atoms with van der Waals surface area (Å²) in [6, 6.07) is 13.9. The van der Waals surface area contributed by atoms with Crippen LogP contribution in [0.1, 0.15) is 47.1 Å². The minimum atomic E-state index is -0.611. The number of hydrogen-bond acceptors (Lipinski definition) is 4. The molecule has 0 saturated heterocycles. The molecule has 0 radical (unpaired) electrons. The zero-order valence-corrected chi connectivity index (χ0v) is 16.9. The van der Waals surface area contributed by atoms with Crippen LogP contribution in [0.3, 0.4) is 0 Å². The number of nitrogens with zero attached hydrogens (tertiary/aromatic N) is 1. The molecule has 0 atom stereocenters. The molecule has 0 aliphatic heterocycles.